The zero-order chi connectivity index (χ0) is 18.1. The third-order valence-electron chi connectivity index (χ3n) is 3.55. The lowest BCUT2D eigenvalue weighted by Crippen LogP contribution is -2.11. The Kier molecular flexibility index (Phi) is 16.3. The van der Waals surface area contributed by atoms with Gasteiger partial charge in [0.1, 0.15) is 0 Å². The van der Waals surface area contributed by atoms with Gasteiger partial charge in [0.05, 0.1) is 6.61 Å². The summed E-state index contributed by atoms with van der Waals surface area (Å²) in [5.74, 6) is 2.45. The molecule has 4 heteroatoms. The minimum absolute atomic E-state index is 0.0364. The van der Waals surface area contributed by atoms with Gasteiger partial charge in [0.25, 0.3) is 0 Å². The van der Waals surface area contributed by atoms with Gasteiger partial charge >= 0.3 is 5.97 Å². The Labute approximate surface area is 158 Å². The van der Waals surface area contributed by atoms with Crippen molar-refractivity contribution in [1.82, 2.24) is 0 Å². The summed E-state index contributed by atoms with van der Waals surface area (Å²) in [5, 5.41) is 0. The van der Waals surface area contributed by atoms with Crippen LogP contribution in [0.4, 0.5) is 0 Å². The first kappa shape index (κ1) is 23.9. The molecule has 0 aromatic rings. The third-order valence-corrected chi connectivity index (χ3v) is 6.13. The molecule has 0 aliphatic rings. The average Bonchev–Trinajstić information content (AvgIpc) is 2.52. The van der Waals surface area contributed by atoms with Gasteiger partial charge in [-0.2, -0.15) is 0 Å². The molecule has 2 nitrogen and oxygen atoms in total. The van der Waals surface area contributed by atoms with E-state index in [1.165, 1.54) is 43.6 Å². The van der Waals surface area contributed by atoms with Gasteiger partial charge in [-0.3, -0.25) is 4.79 Å². The zero-order valence-electron chi connectivity index (χ0n) is 16.3. The first-order valence-electron chi connectivity index (χ1n) is 9.50. The van der Waals surface area contributed by atoms with Gasteiger partial charge in [-0.15, -0.1) is 0 Å². The fraction of sp³-hybridized carbons (Fsp3) is 0.850. The van der Waals surface area contributed by atoms with Crippen molar-refractivity contribution in [1.29, 1.82) is 0 Å². The molecule has 0 unspecified atom stereocenters. The number of allylic oxidation sites excluding steroid dienone is 2. The van der Waals surface area contributed by atoms with E-state index in [-0.39, 0.29) is 11.4 Å². The van der Waals surface area contributed by atoms with Crippen molar-refractivity contribution in [2.75, 3.05) is 18.1 Å². The molecule has 0 heterocycles. The summed E-state index contributed by atoms with van der Waals surface area (Å²) in [6, 6.07) is 0. The molecule has 142 valence electrons. The predicted molar refractivity (Wildman–Crippen MR) is 112 cm³/mol. The van der Waals surface area contributed by atoms with Crippen LogP contribution in [0.15, 0.2) is 12.2 Å². The Balaban J connectivity index is 3.20. The minimum atomic E-state index is -0.0364. The zero-order valence-corrected chi connectivity index (χ0v) is 17.9. The summed E-state index contributed by atoms with van der Waals surface area (Å²) in [6.07, 6.45) is 14.3. The molecule has 0 N–H and O–H groups in total. The smallest absolute Gasteiger partial charge is 0.305 e. The fourth-order valence-corrected chi connectivity index (χ4v) is 4.27. The van der Waals surface area contributed by atoms with Crippen LogP contribution in [-0.2, 0) is 9.53 Å². The number of hydrogen-bond acceptors (Lipinski definition) is 4. The highest BCUT2D eigenvalue weighted by Gasteiger charge is 2.13. The van der Waals surface area contributed by atoms with Gasteiger partial charge in [-0.1, -0.05) is 74.3 Å². The third kappa shape index (κ3) is 20.0. The van der Waals surface area contributed by atoms with Gasteiger partial charge in [0.2, 0.25) is 0 Å². The van der Waals surface area contributed by atoms with Crippen molar-refractivity contribution in [3.05, 3.63) is 12.2 Å². The quantitative estimate of drug-likeness (QED) is 0.133. The van der Waals surface area contributed by atoms with Crippen LogP contribution in [0.3, 0.4) is 0 Å². The van der Waals surface area contributed by atoms with E-state index in [1.54, 1.807) is 0 Å². The van der Waals surface area contributed by atoms with Crippen LogP contribution in [0.1, 0.15) is 85.5 Å². The van der Waals surface area contributed by atoms with E-state index < -0.39 is 0 Å². The van der Waals surface area contributed by atoms with Crippen LogP contribution in [-0.4, -0.2) is 24.1 Å². The van der Waals surface area contributed by atoms with Crippen LogP contribution in [0.2, 0.25) is 0 Å². The van der Waals surface area contributed by atoms with E-state index in [0.717, 1.165) is 19.3 Å². The second-order valence-corrected chi connectivity index (χ2v) is 10.1. The maximum atomic E-state index is 11.6. The molecule has 0 fully saturated rings. The van der Waals surface area contributed by atoms with Gasteiger partial charge in [0.15, 0.2) is 0 Å². The van der Waals surface area contributed by atoms with Crippen LogP contribution >= 0.6 is 21.6 Å². The van der Waals surface area contributed by atoms with Gasteiger partial charge in [0, 0.05) is 17.9 Å². The molecule has 0 saturated carbocycles. The Bertz CT molecular complexity index is 322. The van der Waals surface area contributed by atoms with E-state index in [4.69, 9.17) is 4.74 Å². The van der Waals surface area contributed by atoms with E-state index in [9.17, 15) is 4.79 Å². The van der Waals surface area contributed by atoms with Crippen molar-refractivity contribution < 1.29 is 9.53 Å². The molecule has 0 aromatic carbocycles. The summed E-state index contributed by atoms with van der Waals surface area (Å²) >= 11 is 0. The monoisotopic (exact) mass is 374 g/mol. The summed E-state index contributed by atoms with van der Waals surface area (Å²) in [5.41, 5.74) is 0.209. The molecule has 24 heavy (non-hydrogen) atoms. The molecule has 0 saturated heterocycles. The highest BCUT2D eigenvalue weighted by atomic mass is 33.1. The maximum absolute atomic E-state index is 11.6. The lowest BCUT2D eigenvalue weighted by molar-refractivity contribution is -0.144. The van der Waals surface area contributed by atoms with Crippen LogP contribution in [0, 0.1) is 5.41 Å². The van der Waals surface area contributed by atoms with E-state index >= 15 is 0 Å². The lowest BCUT2D eigenvalue weighted by Gasteiger charge is -2.16. The van der Waals surface area contributed by atoms with Crippen LogP contribution in [0.25, 0.3) is 0 Å². The molecule has 0 aliphatic heterocycles. The van der Waals surface area contributed by atoms with Gasteiger partial charge in [-0.05, 0) is 43.9 Å². The molecular weight excluding hydrogens is 336 g/mol. The Morgan fingerprint density at radius 2 is 1.62 bits per heavy atom. The molecule has 0 aliphatic carbocycles. The highest BCUT2D eigenvalue weighted by molar-refractivity contribution is 8.76. The van der Waals surface area contributed by atoms with Crippen molar-refractivity contribution in [3.63, 3.8) is 0 Å². The molecule has 0 spiro atoms. The second-order valence-electron chi connectivity index (χ2n) is 7.36. The number of carbonyl (C=O) groups is 1. The van der Waals surface area contributed by atoms with Gasteiger partial charge in [-0.25, -0.2) is 0 Å². The summed E-state index contributed by atoms with van der Waals surface area (Å²) in [4.78, 5) is 11.6. The van der Waals surface area contributed by atoms with E-state index in [2.05, 4.69) is 39.8 Å². The van der Waals surface area contributed by atoms with Crippen LogP contribution in [0.5, 0.6) is 0 Å². The predicted octanol–water partition coefficient (Wildman–Crippen LogP) is 7.04. The minimum Gasteiger partial charge on any atom is -0.466 e. The molecule has 0 aromatic heterocycles. The number of ether oxygens (including phenoxy) is 1. The van der Waals surface area contributed by atoms with Crippen molar-refractivity contribution >= 4 is 27.6 Å². The molecule has 0 bridgehead atoms. The summed E-state index contributed by atoms with van der Waals surface area (Å²) < 4.78 is 5.28. The number of hydrogen-bond donors (Lipinski definition) is 0. The highest BCUT2D eigenvalue weighted by Crippen LogP contribution is 2.24. The van der Waals surface area contributed by atoms with Gasteiger partial charge < -0.3 is 4.74 Å². The van der Waals surface area contributed by atoms with Crippen molar-refractivity contribution in [2.24, 2.45) is 5.41 Å². The van der Waals surface area contributed by atoms with Crippen molar-refractivity contribution in [3.8, 4) is 0 Å². The lowest BCUT2D eigenvalue weighted by atomic mass is 9.91. The second kappa shape index (κ2) is 16.4. The van der Waals surface area contributed by atoms with Crippen LogP contribution < -0.4 is 0 Å². The average molecular weight is 375 g/mol. The molecular formula is C20H38O2S2. The first-order valence-corrected chi connectivity index (χ1v) is 12.0. The normalized spacial score (nSPS) is 12.0. The SMILES string of the molecule is CC/C=C\CCCSSCCCCCCOC(=O)CCC(C)(C)C. The molecule has 0 radical (unpaired) electrons. The fourth-order valence-electron chi connectivity index (χ4n) is 2.01. The topological polar surface area (TPSA) is 26.3 Å². The van der Waals surface area contributed by atoms with E-state index in [1.807, 2.05) is 21.6 Å². The Morgan fingerprint density at radius 1 is 0.958 bits per heavy atom. The summed E-state index contributed by atoms with van der Waals surface area (Å²) in [7, 11) is 4.01. The maximum Gasteiger partial charge on any atom is 0.305 e. The molecule has 0 amide bonds. The first-order chi connectivity index (χ1) is 11.5. The molecule has 0 atom stereocenters. The largest absolute Gasteiger partial charge is 0.466 e. The van der Waals surface area contributed by atoms with Crippen molar-refractivity contribution in [2.45, 2.75) is 85.5 Å². The number of carbonyl (C=O) groups excluding carboxylic acids is 1. The number of rotatable bonds is 15. The Hall–Kier alpha value is -0.0900. The number of esters is 1. The molecule has 0 rings (SSSR count). The summed E-state index contributed by atoms with van der Waals surface area (Å²) in [6.45, 7) is 9.23. The Morgan fingerprint density at radius 3 is 2.29 bits per heavy atom. The number of unbranched alkanes of at least 4 members (excludes halogenated alkanes) is 4. The standard InChI is InChI=1S/C20H38O2S2/c1-5-6-7-9-12-17-23-24-18-13-10-8-11-16-22-19(21)14-15-20(2,3)4/h6-7H,5,8-18H2,1-4H3/b7-6-. The van der Waals surface area contributed by atoms with E-state index in [0.29, 0.717) is 13.0 Å².